The summed E-state index contributed by atoms with van der Waals surface area (Å²) in [5.74, 6) is 1.73. The lowest BCUT2D eigenvalue weighted by Crippen LogP contribution is -2.39. The number of piperidine rings is 1. The maximum absolute atomic E-state index is 13.4. The van der Waals surface area contributed by atoms with Gasteiger partial charge in [-0.2, -0.15) is 13.2 Å². The zero-order valence-electron chi connectivity index (χ0n) is 24.8. The number of methoxy groups -OCH3 is 2. The minimum atomic E-state index is -4.43. The van der Waals surface area contributed by atoms with Crippen LogP contribution in [0.4, 0.5) is 13.2 Å². The minimum absolute atomic E-state index is 0.0769. The molecule has 1 saturated heterocycles. The Bertz CT molecular complexity index is 1540. The lowest BCUT2D eigenvalue weighted by atomic mass is 9.90. The molecule has 44 heavy (non-hydrogen) atoms. The molecule has 0 radical (unpaired) electrons. The Hall–Kier alpha value is -3.89. The molecule has 3 aromatic carbocycles. The van der Waals surface area contributed by atoms with E-state index in [1.54, 1.807) is 31.7 Å². The van der Waals surface area contributed by atoms with E-state index in [0.29, 0.717) is 59.9 Å². The van der Waals surface area contributed by atoms with Crippen LogP contribution in [0.5, 0.6) is 11.5 Å². The third-order valence-electron chi connectivity index (χ3n) is 7.95. The van der Waals surface area contributed by atoms with Crippen molar-refractivity contribution in [3.8, 4) is 11.5 Å². The molecule has 0 aliphatic carbocycles. The predicted octanol–water partition coefficient (Wildman–Crippen LogP) is 7.48. The highest BCUT2D eigenvalue weighted by atomic mass is 32.1. The van der Waals surface area contributed by atoms with Gasteiger partial charge < -0.3 is 14.4 Å². The van der Waals surface area contributed by atoms with Gasteiger partial charge in [-0.1, -0.05) is 54.6 Å². The second-order valence-corrected chi connectivity index (χ2v) is 12.0. The number of hydrogen-bond acceptors (Lipinski definition) is 6. The molecule has 4 aromatic rings. The molecule has 2 heterocycles. The van der Waals surface area contributed by atoms with E-state index in [4.69, 9.17) is 9.47 Å². The quantitative estimate of drug-likeness (QED) is 0.174. The van der Waals surface area contributed by atoms with Crippen LogP contribution in [0, 0.1) is 5.92 Å². The van der Waals surface area contributed by atoms with Crippen molar-refractivity contribution in [3.05, 3.63) is 111 Å². The van der Waals surface area contributed by atoms with Gasteiger partial charge in [0.25, 0.3) is 5.91 Å². The fourth-order valence-corrected chi connectivity index (χ4v) is 6.43. The standard InChI is InChI=1S/C34H36F3N3O3S/c1-42-29-12-11-27(31(19-29)43-2)21-39(20-26-9-6-10-28(18-26)34(35,36)37)22-32-38-30(23-44-32)33(41)40-15-13-25(14-16-40)17-24-7-4-3-5-8-24/h3-12,18-19,23,25H,13-17,20-22H2,1-2H3. The molecular weight excluding hydrogens is 587 g/mol. The summed E-state index contributed by atoms with van der Waals surface area (Å²) in [6, 6.07) is 21.3. The first-order valence-corrected chi connectivity index (χ1v) is 15.5. The predicted molar refractivity (Wildman–Crippen MR) is 165 cm³/mol. The molecule has 1 aliphatic heterocycles. The van der Waals surface area contributed by atoms with E-state index in [9.17, 15) is 18.0 Å². The van der Waals surface area contributed by atoms with Gasteiger partial charge in [-0.3, -0.25) is 9.69 Å². The fourth-order valence-electron chi connectivity index (χ4n) is 5.62. The maximum Gasteiger partial charge on any atom is 0.416 e. The van der Waals surface area contributed by atoms with E-state index in [1.165, 1.54) is 29.0 Å². The van der Waals surface area contributed by atoms with Crippen LogP contribution in [0.25, 0.3) is 0 Å². The number of aromatic nitrogens is 1. The van der Waals surface area contributed by atoms with Crippen LogP contribution in [0.1, 0.15) is 50.6 Å². The molecule has 1 amide bonds. The molecule has 1 fully saturated rings. The zero-order valence-corrected chi connectivity index (χ0v) is 25.7. The topological polar surface area (TPSA) is 54.9 Å². The van der Waals surface area contributed by atoms with E-state index >= 15 is 0 Å². The molecule has 0 bridgehead atoms. The summed E-state index contributed by atoms with van der Waals surface area (Å²) in [6.45, 7) is 2.38. The first kappa shape index (κ1) is 31.5. The summed E-state index contributed by atoms with van der Waals surface area (Å²) >= 11 is 1.39. The molecule has 0 N–H and O–H groups in total. The van der Waals surface area contributed by atoms with E-state index in [2.05, 4.69) is 29.2 Å². The summed E-state index contributed by atoms with van der Waals surface area (Å²) in [5.41, 5.74) is 2.42. The number of thiazole rings is 1. The Labute approximate surface area is 260 Å². The van der Waals surface area contributed by atoms with Crippen LogP contribution < -0.4 is 9.47 Å². The molecule has 6 nitrogen and oxygen atoms in total. The van der Waals surface area contributed by atoms with Crippen molar-refractivity contribution in [2.75, 3.05) is 27.3 Å². The largest absolute Gasteiger partial charge is 0.497 e. The molecule has 1 aliphatic rings. The molecule has 0 spiro atoms. The Morgan fingerprint density at radius 2 is 1.68 bits per heavy atom. The fraction of sp³-hybridized carbons (Fsp3) is 0.353. The minimum Gasteiger partial charge on any atom is -0.497 e. The highest BCUT2D eigenvalue weighted by Gasteiger charge is 2.30. The van der Waals surface area contributed by atoms with Crippen molar-refractivity contribution in [2.24, 2.45) is 5.92 Å². The number of benzene rings is 3. The van der Waals surface area contributed by atoms with Crippen molar-refractivity contribution in [2.45, 2.75) is 45.1 Å². The second-order valence-electron chi connectivity index (χ2n) is 11.1. The van der Waals surface area contributed by atoms with Crippen LogP contribution in [-0.4, -0.2) is 48.0 Å². The average molecular weight is 624 g/mol. The first-order chi connectivity index (χ1) is 21.2. The van der Waals surface area contributed by atoms with E-state index in [1.807, 2.05) is 28.0 Å². The molecule has 232 valence electrons. The van der Waals surface area contributed by atoms with E-state index in [-0.39, 0.29) is 12.5 Å². The number of ether oxygens (including phenoxy) is 2. The third-order valence-corrected chi connectivity index (χ3v) is 8.78. The van der Waals surface area contributed by atoms with Gasteiger partial charge in [-0.25, -0.2) is 4.98 Å². The van der Waals surface area contributed by atoms with Gasteiger partial charge in [-0.05, 0) is 48.4 Å². The summed E-state index contributed by atoms with van der Waals surface area (Å²) in [4.78, 5) is 21.9. The zero-order chi connectivity index (χ0) is 31.1. The first-order valence-electron chi connectivity index (χ1n) is 14.6. The number of alkyl halides is 3. The van der Waals surface area contributed by atoms with Crippen molar-refractivity contribution in [3.63, 3.8) is 0 Å². The molecule has 10 heteroatoms. The van der Waals surface area contributed by atoms with Crippen LogP contribution in [0.3, 0.4) is 0 Å². The van der Waals surface area contributed by atoms with Crippen LogP contribution >= 0.6 is 11.3 Å². The Morgan fingerprint density at radius 1 is 0.932 bits per heavy atom. The van der Waals surface area contributed by atoms with Crippen molar-refractivity contribution in [1.82, 2.24) is 14.8 Å². The van der Waals surface area contributed by atoms with Gasteiger partial charge in [0, 0.05) is 43.2 Å². The number of rotatable bonds is 11. The molecule has 0 saturated carbocycles. The van der Waals surface area contributed by atoms with Crippen LogP contribution in [0.15, 0.2) is 78.2 Å². The highest BCUT2D eigenvalue weighted by Crippen LogP contribution is 2.31. The Morgan fingerprint density at radius 3 is 2.39 bits per heavy atom. The van der Waals surface area contributed by atoms with Crippen molar-refractivity contribution in [1.29, 1.82) is 0 Å². The average Bonchev–Trinajstić information content (AvgIpc) is 3.50. The van der Waals surface area contributed by atoms with Crippen molar-refractivity contribution < 1.29 is 27.4 Å². The molecule has 0 unspecified atom stereocenters. The monoisotopic (exact) mass is 623 g/mol. The number of halogens is 3. The summed E-state index contributed by atoms with van der Waals surface area (Å²) in [7, 11) is 3.14. The highest BCUT2D eigenvalue weighted by molar-refractivity contribution is 7.09. The smallest absolute Gasteiger partial charge is 0.416 e. The van der Waals surface area contributed by atoms with Gasteiger partial charge in [0.2, 0.25) is 0 Å². The van der Waals surface area contributed by atoms with Crippen LogP contribution in [0.2, 0.25) is 0 Å². The normalized spacial score (nSPS) is 14.2. The molecule has 5 rings (SSSR count). The lowest BCUT2D eigenvalue weighted by molar-refractivity contribution is -0.137. The molecule has 0 atom stereocenters. The number of nitrogens with zero attached hydrogens (tertiary/aromatic N) is 3. The number of likely N-dealkylation sites (tertiary alicyclic amines) is 1. The summed E-state index contributed by atoms with van der Waals surface area (Å²) < 4.78 is 51.2. The van der Waals surface area contributed by atoms with Crippen molar-refractivity contribution >= 4 is 17.2 Å². The molecule has 1 aromatic heterocycles. The van der Waals surface area contributed by atoms with E-state index in [0.717, 1.165) is 30.9 Å². The Balaban J connectivity index is 1.28. The maximum atomic E-state index is 13.4. The van der Waals surface area contributed by atoms with Gasteiger partial charge in [0.05, 0.1) is 26.3 Å². The van der Waals surface area contributed by atoms with Gasteiger partial charge in [-0.15, -0.1) is 11.3 Å². The van der Waals surface area contributed by atoms with E-state index < -0.39 is 11.7 Å². The second kappa shape index (κ2) is 14.3. The SMILES string of the molecule is COc1ccc(CN(Cc2cccc(C(F)(F)F)c2)Cc2nc(C(=O)N3CCC(Cc4ccccc4)CC3)cs2)c(OC)c1. The third kappa shape index (κ3) is 8.18. The Kier molecular flexibility index (Phi) is 10.2. The van der Waals surface area contributed by atoms with Gasteiger partial charge in [0.15, 0.2) is 0 Å². The number of hydrogen-bond donors (Lipinski definition) is 0. The summed E-state index contributed by atoms with van der Waals surface area (Å²) in [5, 5.41) is 2.50. The van der Waals surface area contributed by atoms with Crippen LogP contribution in [-0.2, 0) is 32.2 Å². The number of carbonyl (C=O) groups is 1. The number of carbonyl (C=O) groups excluding carboxylic acids is 1. The number of amides is 1. The van der Waals surface area contributed by atoms with Gasteiger partial charge >= 0.3 is 6.18 Å². The lowest BCUT2D eigenvalue weighted by Gasteiger charge is -2.31. The summed E-state index contributed by atoms with van der Waals surface area (Å²) in [6.07, 6.45) is -1.51. The van der Waals surface area contributed by atoms with Gasteiger partial charge in [0.1, 0.15) is 22.2 Å². The molecular formula is C34H36F3N3O3S.